The van der Waals surface area contributed by atoms with E-state index in [0.717, 1.165) is 12.8 Å². The number of amides is 1. The second kappa shape index (κ2) is 6.79. The minimum Gasteiger partial charge on any atom is -0.480 e. The molecule has 0 radical (unpaired) electrons. The van der Waals surface area contributed by atoms with Gasteiger partial charge in [0.1, 0.15) is 13.2 Å². The number of aliphatic imine (C=N–C) groups is 1. The van der Waals surface area contributed by atoms with Crippen molar-refractivity contribution in [1.29, 1.82) is 0 Å². The Kier molecular flexibility index (Phi) is 4.77. The van der Waals surface area contributed by atoms with Crippen LogP contribution in [0.4, 0.5) is 0 Å². The summed E-state index contributed by atoms with van der Waals surface area (Å²) in [6.45, 7) is -0.919. The number of hydrogen-bond donors (Lipinski definition) is 1. The number of aliphatic carboxylic acids is 1. The first-order chi connectivity index (χ1) is 12.3. The van der Waals surface area contributed by atoms with Crippen LogP contribution in [0.15, 0.2) is 4.99 Å². The normalized spacial score (nSPS) is 38.8. The molecule has 2 saturated heterocycles. The number of carbonyl (C=O) groups excluding carboxylic acids is 1. The van der Waals surface area contributed by atoms with Gasteiger partial charge in [0.05, 0.1) is 17.5 Å². The molecule has 4 aliphatic rings. The molecule has 5 atom stereocenters. The van der Waals surface area contributed by atoms with Crippen molar-refractivity contribution in [3.05, 3.63) is 0 Å². The third-order valence-corrected chi connectivity index (χ3v) is 9.06. The van der Waals surface area contributed by atoms with Crippen LogP contribution in [0.25, 0.3) is 0 Å². The first kappa shape index (κ1) is 18.2. The molecule has 8 nitrogen and oxygen atoms in total. The molecule has 4 rings (SSSR count). The molecular formula is C16H22N2O6S2. The molecule has 0 aromatic carbocycles. The van der Waals surface area contributed by atoms with Gasteiger partial charge in [-0.25, -0.2) is 13.2 Å². The third-order valence-electron chi connectivity index (χ3n) is 5.84. The van der Waals surface area contributed by atoms with Crippen molar-refractivity contribution in [2.45, 2.75) is 43.0 Å². The predicted molar refractivity (Wildman–Crippen MR) is 95.8 cm³/mol. The topological polar surface area (TPSA) is 113 Å². The molecule has 0 unspecified atom stereocenters. The van der Waals surface area contributed by atoms with Crippen LogP contribution in [-0.4, -0.2) is 77.5 Å². The van der Waals surface area contributed by atoms with E-state index in [2.05, 4.69) is 9.89 Å². The van der Waals surface area contributed by atoms with Crippen LogP contribution >= 0.6 is 11.8 Å². The Hall–Kier alpha value is -1.13. The van der Waals surface area contributed by atoms with Crippen LogP contribution < -0.4 is 0 Å². The van der Waals surface area contributed by atoms with Gasteiger partial charge in [0.15, 0.2) is 15.0 Å². The molecule has 0 spiro atoms. The van der Waals surface area contributed by atoms with Gasteiger partial charge in [-0.3, -0.25) is 4.79 Å². The van der Waals surface area contributed by atoms with Crippen molar-refractivity contribution in [1.82, 2.24) is 4.90 Å². The zero-order valence-corrected chi connectivity index (χ0v) is 15.9. The smallest absolute Gasteiger partial charge is 0.329 e. The number of amidine groups is 1. The Labute approximate surface area is 156 Å². The summed E-state index contributed by atoms with van der Waals surface area (Å²) in [5.74, 6) is -0.160. The summed E-state index contributed by atoms with van der Waals surface area (Å²) in [5, 5.41) is 9.09. The molecule has 2 aliphatic carbocycles. The standard InChI is InChI=1S/C16H22N2O6S2/c19-14(5-24-6-15(20)21)17-16-18(11-4-9-1-2-10(11)3-9)12-7-26(22,23)8-13(12)25-16/h9-13H,1-8H2,(H,20,21)/t9-,10+,11+,12-,13+/m1/s1. The van der Waals surface area contributed by atoms with Crippen LogP contribution in [0.3, 0.4) is 0 Å². The predicted octanol–water partition coefficient (Wildman–Crippen LogP) is 0.373. The lowest BCUT2D eigenvalue weighted by Crippen LogP contribution is -2.47. The summed E-state index contributed by atoms with van der Waals surface area (Å²) in [6.07, 6.45) is 4.61. The van der Waals surface area contributed by atoms with Crippen molar-refractivity contribution < 1.29 is 27.9 Å². The highest BCUT2D eigenvalue weighted by atomic mass is 32.2. The van der Waals surface area contributed by atoms with Crippen LogP contribution in [0.5, 0.6) is 0 Å². The number of carbonyl (C=O) groups is 2. The van der Waals surface area contributed by atoms with E-state index in [-0.39, 0.29) is 35.4 Å². The van der Waals surface area contributed by atoms with E-state index in [4.69, 9.17) is 9.84 Å². The fourth-order valence-corrected chi connectivity index (χ4v) is 8.89. The number of carboxylic acids is 1. The lowest BCUT2D eigenvalue weighted by atomic mass is 9.93. The summed E-state index contributed by atoms with van der Waals surface area (Å²) in [6, 6.07) is 0.150. The Morgan fingerprint density at radius 2 is 2.00 bits per heavy atom. The minimum atomic E-state index is -3.05. The van der Waals surface area contributed by atoms with Crippen molar-refractivity contribution >= 4 is 38.6 Å². The minimum absolute atomic E-state index is 0.0781. The van der Waals surface area contributed by atoms with Crippen molar-refractivity contribution in [2.75, 3.05) is 24.7 Å². The maximum absolute atomic E-state index is 12.1. The quantitative estimate of drug-likeness (QED) is 0.702. The van der Waals surface area contributed by atoms with E-state index < -0.39 is 28.3 Å². The largest absolute Gasteiger partial charge is 0.480 e. The first-order valence-electron chi connectivity index (χ1n) is 8.89. The van der Waals surface area contributed by atoms with E-state index in [9.17, 15) is 18.0 Å². The summed E-state index contributed by atoms with van der Waals surface area (Å²) < 4.78 is 29.0. The Balaban J connectivity index is 1.52. The first-order valence-corrected chi connectivity index (χ1v) is 11.6. The van der Waals surface area contributed by atoms with Gasteiger partial charge in [0.2, 0.25) is 0 Å². The zero-order valence-electron chi connectivity index (χ0n) is 14.2. The van der Waals surface area contributed by atoms with Gasteiger partial charge in [-0.1, -0.05) is 18.2 Å². The number of sulfone groups is 1. The fourth-order valence-electron chi connectivity index (χ4n) is 4.90. The molecule has 4 fully saturated rings. The Bertz CT molecular complexity index is 752. The van der Waals surface area contributed by atoms with Crippen LogP contribution in [0.1, 0.15) is 25.7 Å². The van der Waals surface area contributed by atoms with Crippen LogP contribution in [-0.2, 0) is 24.2 Å². The highest BCUT2D eigenvalue weighted by molar-refractivity contribution is 8.15. The van der Waals surface area contributed by atoms with Crippen LogP contribution in [0, 0.1) is 11.8 Å². The molecule has 1 amide bonds. The Morgan fingerprint density at radius 3 is 2.65 bits per heavy atom. The third kappa shape index (κ3) is 3.50. The summed E-state index contributed by atoms with van der Waals surface area (Å²) >= 11 is 1.38. The highest BCUT2D eigenvalue weighted by Crippen LogP contribution is 2.51. The summed E-state index contributed by atoms with van der Waals surface area (Å²) in [4.78, 5) is 28.8. The lowest BCUT2D eigenvalue weighted by molar-refractivity contribution is -0.143. The summed E-state index contributed by atoms with van der Waals surface area (Å²) in [7, 11) is -3.05. The number of hydrogen-bond acceptors (Lipinski definition) is 6. The molecule has 2 aliphatic heterocycles. The molecule has 10 heteroatoms. The molecular weight excluding hydrogens is 380 g/mol. The van der Waals surface area contributed by atoms with Gasteiger partial charge < -0.3 is 14.7 Å². The van der Waals surface area contributed by atoms with Gasteiger partial charge in [-0.2, -0.15) is 4.99 Å². The van der Waals surface area contributed by atoms with E-state index in [0.29, 0.717) is 17.0 Å². The fraction of sp³-hybridized carbons (Fsp3) is 0.812. The van der Waals surface area contributed by atoms with Crippen molar-refractivity contribution in [3.63, 3.8) is 0 Å². The number of thioether (sulfide) groups is 1. The Morgan fingerprint density at radius 1 is 1.19 bits per heavy atom. The van der Waals surface area contributed by atoms with E-state index in [1.165, 1.54) is 24.6 Å². The number of nitrogens with zero attached hydrogens (tertiary/aromatic N) is 2. The summed E-state index contributed by atoms with van der Waals surface area (Å²) in [5.41, 5.74) is 0. The zero-order chi connectivity index (χ0) is 18.5. The van der Waals surface area contributed by atoms with Crippen LogP contribution in [0.2, 0.25) is 0 Å². The average Bonchev–Trinajstić information content (AvgIpc) is 3.26. The number of carboxylic acid groups (broad SMARTS) is 1. The molecule has 144 valence electrons. The molecule has 2 bridgehead atoms. The molecule has 26 heavy (non-hydrogen) atoms. The number of fused-ring (bicyclic) bond motifs is 3. The average molecular weight is 402 g/mol. The second-order valence-electron chi connectivity index (χ2n) is 7.62. The monoisotopic (exact) mass is 402 g/mol. The molecule has 0 aromatic rings. The molecule has 1 N–H and O–H groups in total. The lowest BCUT2D eigenvalue weighted by Gasteiger charge is -2.36. The van der Waals surface area contributed by atoms with Gasteiger partial charge in [0, 0.05) is 11.3 Å². The van der Waals surface area contributed by atoms with E-state index in [1.54, 1.807) is 0 Å². The van der Waals surface area contributed by atoms with Crippen molar-refractivity contribution in [3.8, 4) is 0 Å². The highest BCUT2D eigenvalue weighted by Gasteiger charge is 2.54. The number of rotatable bonds is 5. The van der Waals surface area contributed by atoms with Gasteiger partial charge in [-0.15, -0.1) is 0 Å². The van der Waals surface area contributed by atoms with Crippen molar-refractivity contribution in [2.24, 2.45) is 16.8 Å². The van der Waals surface area contributed by atoms with E-state index in [1.807, 2.05) is 0 Å². The molecule has 0 aromatic heterocycles. The maximum atomic E-state index is 12.1. The number of ether oxygens (including phenoxy) is 1. The maximum Gasteiger partial charge on any atom is 0.329 e. The SMILES string of the molecule is O=C(O)COCC(=O)N=C1S[C@H]2CS(=O)(=O)C[C@H]2N1[C@H]1C[C@@H]2CC[C@H]1C2. The van der Waals surface area contributed by atoms with Gasteiger partial charge in [-0.05, 0) is 31.1 Å². The molecule has 2 saturated carbocycles. The van der Waals surface area contributed by atoms with E-state index >= 15 is 0 Å². The van der Waals surface area contributed by atoms with Gasteiger partial charge >= 0.3 is 5.97 Å². The van der Waals surface area contributed by atoms with Gasteiger partial charge in [0.25, 0.3) is 5.91 Å². The molecule has 2 heterocycles. The second-order valence-corrected chi connectivity index (χ2v) is 11.0.